The smallest absolute Gasteiger partial charge is 0.429 e. The van der Waals surface area contributed by atoms with Gasteiger partial charge in [-0.05, 0) is 37.0 Å². The molecule has 0 spiro atoms. The summed E-state index contributed by atoms with van der Waals surface area (Å²) in [7, 11) is 0.787. The molecule has 0 radical (unpaired) electrons. The predicted molar refractivity (Wildman–Crippen MR) is 92.0 cm³/mol. The van der Waals surface area contributed by atoms with Crippen LogP contribution >= 0.6 is 0 Å². The maximum absolute atomic E-state index is 13.9. The topological polar surface area (TPSA) is 61.8 Å². The summed E-state index contributed by atoms with van der Waals surface area (Å²) in [6, 6.07) is 6.50. The molecule has 0 fully saturated rings. The van der Waals surface area contributed by atoms with E-state index in [9.17, 15) is 22.8 Å². The van der Waals surface area contributed by atoms with Gasteiger partial charge in [-0.3, -0.25) is 4.79 Å². The minimum Gasteiger partial charge on any atom is -0.429 e. The first-order valence-electron chi connectivity index (χ1n) is 8.74. The Hall–Kier alpha value is -2.45. The number of esters is 1. The number of carbonyl (C=O) groups excluding carboxylic acids is 2. The third kappa shape index (κ3) is 3.62. The van der Waals surface area contributed by atoms with Gasteiger partial charge in [-0.15, -0.1) is 0 Å². The monoisotopic (exact) mass is 396 g/mol. The number of methoxy groups -OCH3 is 1. The minimum atomic E-state index is -5.08. The van der Waals surface area contributed by atoms with Crippen LogP contribution in [0.4, 0.5) is 13.2 Å². The highest BCUT2D eigenvalue weighted by Gasteiger charge is 2.64. The van der Waals surface area contributed by atoms with Crippen LogP contribution in [-0.4, -0.2) is 37.4 Å². The van der Waals surface area contributed by atoms with Crippen LogP contribution < -0.4 is 0 Å². The summed E-state index contributed by atoms with van der Waals surface area (Å²) in [4.78, 5) is 24.7. The minimum absolute atomic E-state index is 0.336. The van der Waals surface area contributed by atoms with Gasteiger partial charge in [0, 0.05) is 12.7 Å². The van der Waals surface area contributed by atoms with E-state index in [2.05, 4.69) is 4.74 Å². The summed E-state index contributed by atoms with van der Waals surface area (Å²) in [6.45, 7) is 0. The second-order valence-electron chi connectivity index (χ2n) is 6.47. The second kappa shape index (κ2) is 7.89. The fourth-order valence-electron chi connectivity index (χ4n) is 3.35. The quantitative estimate of drug-likeness (QED) is 0.562. The predicted octanol–water partition coefficient (Wildman–Crippen LogP) is 3.59. The van der Waals surface area contributed by atoms with Crippen LogP contribution in [0.3, 0.4) is 0 Å². The van der Waals surface area contributed by atoms with Gasteiger partial charge in [0.15, 0.2) is 5.78 Å². The third-order valence-electron chi connectivity index (χ3n) is 4.76. The van der Waals surface area contributed by atoms with Crippen LogP contribution in [0.5, 0.6) is 0 Å². The van der Waals surface area contributed by atoms with Gasteiger partial charge in [-0.2, -0.15) is 13.2 Å². The number of allylic oxidation sites excluding steroid dienone is 1. The number of halogens is 3. The number of benzene rings is 1. The first-order valence-corrected chi connectivity index (χ1v) is 8.74. The number of hydrogen-bond donors (Lipinski definition) is 0. The van der Waals surface area contributed by atoms with Crippen LogP contribution in [0.15, 0.2) is 54.1 Å². The Morgan fingerprint density at radius 3 is 2.50 bits per heavy atom. The average molecular weight is 396 g/mol. The first kappa shape index (κ1) is 20.3. The molecule has 2 aliphatic rings. The standard InChI is InChI=1S/C20H19F3O5/c1-26-19(20(21,22)23,14-9-3-2-4-10-14)18(25)28-16-12-11-15(24)17(27-16)13-7-5-6-8-13/h2-4,7,9-12,16-17H,5-6,8H2,1H3/t16?,17-,19-/m0/s1. The molecule has 1 heterocycles. The van der Waals surface area contributed by atoms with E-state index in [1.165, 1.54) is 18.2 Å². The Labute approximate surface area is 159 Å². The van der Waals surface area contributed by atoms with Crippen LogP contribution in [0.25, 0.3) is 0 Å². The summed E-state index contributed by atoms with van der Waals surface area (Å²) in [6.07, 6.45) is -1.01. The van der Waals surface area contributed by atoms with Gasteiger partial charge in [-0.1, -0.05) is 36.4 Å². The number of hydrogen-bond acceptors (Lipinski definition) is 5. The van der Waals surface area contributed by atoms with Gasteiger partial charge in [0.2, 0.25) is 6.29 Å². The van der Waals surface area contributed by atoms with E-state index in [1.54, 1.807) is 0 Å². The molecule has 0 aromatic heterocycles. The molecule has 1 unspecified atom stereocenters. The molecule has 150 valence electrons. The molecule has 28 heavy (non-hydrogen) atoms. The number of ether oxygens (including phenoxy) is 3. The summed E-state index contributed by atoms with van der Waals surface area (Å²) >= 11 is 0. The van der Waals surface area contributed by atoms with E-state index in [0.29, 0.717) is 6.42 Å². The van der Waals surface area contributed by atoms with Crippen molar-refractivity contribution >= 4 is 11.8 Å². The van der Waals surface area contributed by atoms with Gasteiger partial charge >= 0.3 is 12.1 Å². The van der Waals surface area contributed by atoms with Crippen molar-refractivity contribution in [3.05, 3.63) is 59.7 Å². The molecule has 0 N–H and O–H groups in total. The van der Waals surface area contributed by atoms with Crippen molar-refractivity contribution in [2.24, 2.45) is 0 Å². The Bertz CT molecular complexity index is 800. The molecule has 0 saturated carbocycles. The molecule has 1 aliphatic heterocycles. The highest BCUT2D eigenvalue weighted by Crippen LogP contribution is 2.43. The lowest BCUT2D eigenvalue weighted by Crippen LogP contribution is -2.53. The maximum Gasteiger partial charge on any atom is 0.432 e. The van der Waals surface area contributed by atoms with Crippen molar-refractivity contribution in [3.8, 4) is 0 Å². The molecular weight excluding hydrogens is 377 g/mol. The lowest BCUT2D eigenvalue weighted by molar-refractivity contribution is -0.283. The fourth-order valence-corrected chi connectivity index (χ4v) is 3.35. The van der Waals surface area contributed by atoms with Gasteiger partial charge in [0.25, 0.3) is 5.60 Å². The zero-order valence-electron chi connectivity index (χ0n) is 15.1. The van der Waals surface area contributed by atoms with Gasteiger partial charge in [0.1, 0.15) is 6.10 Å². The zero-order valence-corrected chi connectivity index (χ0v) is 15.1. The van der Waals surface area contributed by atoms with Crippen molar-refractivity contribution < 1.29 is 37.0 Å². The molecule has 0 saturated heterocycles. The zero-order chi connectivity index (χ0) is 20.4. The SMILES string of the molecule is CO[C@](C(=O)OC1C=CC(=O)[C@H](C2=CCCC2)O1)(c1ccccc1)C(F)(F)F. The summed E-state index contributed by atoms with van der Waals surface area (Å²) < 4.78 is 56.9. The normalized spacial score (nSPS) is 24.6. The maximum atomic E-state index is 13.9. The summed E-state index contributed by atoms with van der Waals surface area (Å²) in [5.41, 5.74) is -2.98. The molecule has 1 aromatic carbocycles. The Morgan fingerprint density at radius 2 is 1.93 bits per heavy atom. The molecule has 1 aromatic rings. The molecule has 3 rings (SSSR count). The largest absolute Gasteiger partial charge is 0.432 e. The number of carbonyl (C=O) groups is 2. The number of rotatable bonds is 5. The molecule has 0 bridgehead atoms. The van der Waals surface area contributed by atoms with E-state index in [1.807, 2.05) is 6.08 Å². The van der Waals surface area contributed by atoms with Crippen LogP contribution in [0.1, 0.15) is 24.8 Å². The van der Waals surface area contributed by atoms with Crippen LogP contribution in [0, 0.1) is 0 Å². The lowest BCUT2D eigenvalue weighted by atomic mass is 9.92. The van der Waals surface area contributed by atoms with Crippen molar-refractivity contribution in [3.63, 3.8) is 0 Å². The second-order valence-corrected chi connectivity index (χ2v) is 6.47. The van der Waals surface area contributed by atoms with E-state index in [-0.39, 0.29) is 5.78 Å². The van der Waals surface area contributed by atoms with Gasteiger partial charge < -0.3 is 14.2 Å². The average Bonchev–Trinajstić information content (AvgIpc) is 3.18. The summed E-state index contributed by atoms with van der Waals surface area (Å²) in [5.74, 6) is -2.01. The first-order chi connectivity index (χ1) is 13.3. The van der Waals surface area contributed by atoms with E-state index in [0.717, 1.165) is 49.8 Å². The molecule has 5 nitrogen and oxygen atoms in total. The molecule has 1 aliphatic carbocycles. The molecule has 3 atom stereocenters. The molecule has 0 amide bonds. The highest BCUT2D eigenvalue weighted by molar-refractivity contribution is 5.96. The van der Waals surface area contributed by atoms with Crippen molar-refractivity contribution in [1.29, 1.82) is 0 Å². The van der Waals surface area contributed by atoms with Crippen LogP contribution in [-0.2, 0) is 29.4 Å². The van der Waals surface area contributed by atoms with E-state index >= 15 is 0 Å². The molecular formula is C20H19F3O5. The number of ketones is 1. The lowest BCUT2D eigenvalue weighted by Gasteiger charge is -2.34. The van der Waals surface area contributed by atoms with Gasteiger partial charge in [0.05, 0.1) is 0 Å². The number of alkyl halides is 3. The van der Waals surface area contributed by atoms with Crippen molar-refractivity contribution in [2.75, 3.05) is 7.11 Å². The Kier molecular flexibility index (Phi) is 5.71. The highest BCUT2D eigenvalue weighted by atomic mass is 19.4. The van der Waals surface area contributed by atoms with E-state index in [4.69, 9.17) is 9.47 Å². The summed E-state index contributed by atoms with van der Waals surface area (Å²) in [5, 5.41) is 0. The van der Waals surface area contributed by atoms with E-state index < -0.39 is 35.7 Å². The van der Waals surface area contributed by atoms with Crippen molar-refractivity contribution in [1.82, 2.24) is 0 Å². The van der Waals surface area contributed by atoms with Crippen LogP contribution in [0.2, 0.25) is 0 Å². The fraction of sp³-hybridized carbons (Fsp3) is 0.400. The van der Waals surface area contributed by atoms with Gasteiger partial charge in [-0.25, -0.2) is 4.79 Å². The third-order valence-corrected chi connectivity index (χ3v) is 4.76. The molecule has 8 heteroatoms. The Morgan fingerprint density at radius 1 is 1.21 bits per heavy atom. The van der Waals surface area contributed by atoms with Crippen molar-refractivity contribution in [2.45, 2.75) is 43.4 Å². The Balaban J connectivity index is 1.86.